The van der Waals surface area contributed by atoms with Gasteiger partial charge in [-0.1, -0.05) is 88.2 Å². The van der Waals surface area contributed by atoms with Crippen LogP contribution in [0.1, 0.15) is 63.5 Å². The molecule has 6 rings (SSSR count). The number of hydrogen-bond acceptors (Lipinski definition) is 4. The smallest absolute Gasteiger partial charge is 0.246 e. The number of ether oxygens (including phenoxy) is 1. The summed E-state index contributed by atoms with van der Waals surface area (Å²) in [5, 5.41) is 6.31. The molecule has 7 unspecified atom stereocenters. The van der Waals surface area contributed by atoms with Crippen molar-refractivity contribution in [1.29, 1.82) is 0 Å². The number of benzene rings is 2. The first kappa shape index (κ1) is 26.8. The van der Waals surface area contributed by atoms with Crippen molar-refractivity contribution < 1.29 is 19.1 Å². The fourth-order valence-corrected chi connectivity index (χ4v) is 7.19. The minimum Gasteiger partial charge on any atom is -0.359 e. The minimum atomic E-state index is -1.16. The topological polar surface area (TPSA) is 87.7 Å². The molecule has 0 radical (unpaired) electrons. The van der Waals surface area contributed by atoms with Crippen molar-refractivity contribution in [2.75, 3.05) is 5.32 Å². The van der Waals surface area contributed by atoms with E-state index in [1.807, 2.05) is 66.7 Å². The van der Waals surface area contributed by atoms with E-state index in [1.54, 1.807) is 4.90 Å². The maximum absolute atomic E-state index is 14.2. The summed E-state index contributed by atoms with van der Waals surface area (Å²) in [6, 6.07) is 16.7. The maximum atomic E-state index is 14.2. The van der Waals surface area contributed by atoms with E-state index in [-0.39, 0.29) is 30.3 Å². The monoisotopic (exact) mass is 541 g/mol. The van der Waals surface area contributed by atoms with Crippen LogP contribution in [0.2, 0.25) is 0 Å². The fraction of sp³-hybridized carbons (Fsp3) is 0.485. The lowest BCUT2D eigenvalue weighted by Gasteiger charge is -2.36. The van der Waals surface area contributed by atoms with Crippen molar-refractivity contribution in [3.05, 3.63) is 77.9 Å². The molecule has 2 bridgehead atoms. The Labute approximate surface area is 236 Å². The van der Waals surface area contributed by atoms with E-state index in [0.717, 1.165) is 24.8 Å². The summed E-state index contributed by atoms with van der Waals surface area (Å²) in [6.07, 6.45) is 7.46. The summed E-state index contributed by atoms with van der Waals surface area (Å²) in [5.41, 5.74) is 1.64. The summed E-state index contributed by atoms with van der Waals surface area (Å²) in [5.74, 6) is -1.37. The highest BCUT2D eigenvalue weighted by Crippen LogP contribution is 2.55. The number of nitrogens with one attached hydrogen (secondary N) is 2. The Morgan fingerprint density at radius 1 is 1.02 bits per heavy atom. The lowest BCUT2D eigenvalue weighted by atomic mass is 9.74. The number of nitrogens with zero attached hydrogens (tertiary/aromatic N) is 1. The number of fused-ring (bicyclic) bond motifs is 1. The molecule has 4 aliphatic rings. The number of hydrogen-bond donors (Lipinski definition) is 2. The van der Waals surface area contributed by atoms with Crippen LogP contribution in [0.3, 0.4) is 0 Å². The molecule has 40 heavy (non-hydrogen) atoms. The van der Waals surface area contributed by atoms with Crippen LogP contribution in [-0.4, -0.2) is 46.4 Å². The van der Waals surface area contributed by atoms with Gasteiger partial charge in [0.25, 0.3) is 0 Å². The third-order valence-corrected chi connectivity index (χ3v) is 9.40. The normalized spacial score (nSPS) is 32.4. The van der Waals surface area contributed by atoms with Gasteiger partial charge in [0.05, 0.1) is 17.9 Å². The van der Waals surface area contributed by atoms with Crippen LogP contribution in [0.4, 0.5) is 5.69 Å². The Balaban J connectivity index is 1.30. The van der Waals surface area contributed by atoms with E-state index in [0.29, 0.717) is 17.5 Å². The Morgan fingerprint density at radius 2 is 1.75 bits per heavy atom. The predicted octanol–water partition coefficient (Wildman–Crippen LogP) is 4.79. The number of carbonyl (C=O) groups excluding carboxylic acids is 3. The molecule has 2 N–H and O–H groups in total. The highest BCUT2D eigenvalue weighted by molar-refractivity contribution is 6.02. The molecule has 3 amide bonds. The molecular formula is C33H39N3O4. The molecule has 3 heterocycles. The summed E-state index contributed by atoms with van der Waals surface area (Å²) in [6.45, 7) is 6.71. The lowest BCUT2D eigenvalue weighted by Crippen LogP contribution is -2.57. The summed E-state index contributed by atoms with van der Waals surface area (Å²) < 4.78 is 6.50. The first-order chi connectivity index (χ1) is 19.3. The SMILES string of the molecule is CC(C)c1ccc(NC(=O)C2C3C=CC4(O3)C2C(=O)N(Cc2ccccc2)C4C(=O)NC2CCCCC2C)cc1. The number of anilines is 1. The van der Waals surface area contributed by atoms with Gasteiger partial charge in [-0.05, 0) is 47.9 Å². The van der Waals surface area contributed by atoms with Gasteiger partial charge >= 0.3 is 0 Å². The number of carbonyl (C=O) groups is 3. The number of amides is 3. The molecule has 7 atom stereocenters. The molecular weight excluding hydrogens is 502 g/mol. The average molecular weight is 542 g/mol. The van der Waals surface area contributed by atoms with Crippen molar-refractivity contribution >= 4 is 23.4 Å². The van der Waals surface area contributed by atoms with Crippen molar-refractivity contribution in [3.63, 3.8) is 0 Å². The molecule has 7 heteroatoms. The van der Waals surface area contributed by atoms with E-state index in [4.69, 9.17) is 4.74 Å². The highest BCUT2D eigenvalue weighted by atomic mass is 16.5. The number of likely N-dealkylation sites (tertiary alicyclic amines) is 1. The summed E-state index contributed by atoms with van der Waals surface area (Å²) >= 11 is 0. The molecule has 210 valence electrons. The first-order valence-corrected chi connectivity index (χ1v) is 14.7. The molecule has 1 spiro atoms. The van der Waals surface area contributed by atoms with Crippen LogP contribution < -0.4 is 10.6 Å². The van der Waals surface area contributed by atoms with Gasteiger partial charge in [-0.15, -0.1) is 0 Å². The molecule has 3 fully saturated rings. The van der Waals surface area contributed by atoms with Gasteiger partial charge in [0.15, 0.2) is 0 Å². The number of rotatable bonds is 7. The second-order valence-electron chi connectivity index (χ2n) is 12.3. The zero-order valence-corrected chi connectivity index (χ0v) is 23.5. The van der Waals surface area contributed by atoms with Crippen LogP contribution in [0.25, 0.3) is 0 Å². The zero-order valence-electron chi connectivity index (χ0n) is 23.5. The van der Waals surface area contributed by atoms with Gasteiger partial charge in [-0.2, -0.15) is 0 Å². The molecule has 7 nitrogen and oxygen atoms in total. The Kier molecular flexibility index (Phi) is 7.03. The highest BCUT2D eigenvalue weighted by Gasteiger charge is 2.72. The van der Waals surface area contributed by atoms with Gasteiger partial charge in [0, 0.05) is 18.3 Å². The van der Waals surface area contributed by atoms with Gasteiger partial charge in [0.1, 0.15) is 11.6 Å². The molecule has 2 aromatic carbocycles. The molecule has 0 aromatic heterocycles. The Hall–Kier alpha value is -3.45. The summed E-state index contributed by atoms with van der Waals surface area (Å²) in [7, 11) is 0. The van der Waals surface area contributed by atoms with Crippen LogP contribution in [0, 0.1) is 17.8 Å². The second-order valence-corrected chi connectivity index (χ2v) is 12.3. The molecule has 2 saturated heterocycles. The molecule has 1 aliphatic carbocycles. The van der Waals surface area contributed by atoms with Crippen LogP contribution >= 0.6 is 0 Å². The van der Waals surface area contributed by atoms with Crippen LogP contribution in [0.15, 0.2) is 66.7 Å². The van der Waals surface area contributed by atoms with E-state index in [2.05, 4.69) is 31.4 Å². The van der Waals surface area contributed by atoms with Crippen molar-refractivity contribution in [1.82, 2.24) is 10.2 Å². The first-order valence-electron chi connectivity index (χ1n) is 14.7. The molecule has 2 aromatic rings. The Bertz CT molecular complexity index is 1310. The minimum absolute atomic E-state index is 0.0702. The Morgan fingerprint density at radius 3 is 2.45 bits per heavy atom. The van der Waals surface area contributed by atoms with Gasteiger partial charge in [0.2, 0.25) is 17.7 Å². The quantitative estimate of drug-likeness (QED) is 0.494. The second kappa shape index (κ2) is 10.5. The fourth-order valence-electron chi connectivity index (χ4n) is 7.19. The van der Waals surface area contributed by atoms with Crippen molar-refractivity contribution in [2.24, 2.45) is 17.8 Å². The van der Waals surface area contributed by atoms with E-state index >= 15 is 0 Å². The van der Waals surface area contributed by atoms with Crippen molar-refractivity contribution in [3.8, 4) is 0 Å². The lowest BCUT2D eigenvalue weighted by molar-refractivity contribution is -0.142. The third kappa shape index (κ3) is 4.54. The van der Waals surface area contributed by atoms with Gasteiger partial charge in [-0.3, -0.25) is 14.4 Å². The van der Waals surface area contributed by atoms with E-state index in [1.165, 1.54) is 12.0 Å². The largest absolute Gasteiger partial charge is 0.359 e. The maximum Gasteiger partial charge on any atom is 0.246 e. The zero-order chi connectivity index (χ0) is 28.0. The molecule has 3 aliphatic heterocycles. The third-order valence-electron chi connectivity index (χ3n) is 9.40. The van der Waals surface area contributed by atoms with E-state index < -0.39 is 29.6 Å². The van der Waals surface area contributed by atoms with Crippen LogP contribution in [-0.2, 0) is 25.7 Å². The molecule has 1 saturated carbocycles. The average Bonchev–Trinajstić information content (AvgIpc) is 3.58. The summed E-state index contributed by atoms with van der Waals surface area (Å²) in [4.78, 5) is 43.6. The van der Waals surface area contributed by atoms with E-state index in [9.17, 15) is 14.4 Å². The van der Waals surface area contributed by atoms with Crippen molar-refractivity contribution in [2.45, 2.75) is 82.7 Å². The standard InChI is InChI=1S/C33H39N3O4/c1-20(2)23-13-15-24(16-14-23)34-30(37)27-26-17-18-33(40-26)28(27)32(39)36(19-22-10-5-4-6-11-22)29(33)31(38)35-25-12-8-7-9-21(25)3/h4-6,10-11,13-18,20-21,25-29H,7-9,12,19H2,1-3H3,(H,34,37)(H,35,38). The predicted molar refractivity (Wildman–Crippen MR) is 153 cm³/mol. The van der Waals surface area contributed by atoms with Gasteiger partial charge in [-0.25, -0.2) is 0 Å². The van der Waals surface area contributed by atoms with Gasteiger partial charge < -0.3 is 20.3 Å². The van der Waals surface area contributed by atoms with Crippen LogP contribution in [0.5, 0.6) is 0 Å².